The summed E-state index contributed by atoms with van der Waals surface area (Å²) in [5.74, 6) is -2.63. The summed E-state index contributed by atoms with van der Waals surface area (Å²) in [5.41, 5.74) is 0.925. The van der Waals surface area contributed by atoms with Gasteiger partial charge in [0.05, 0.1) is 18.2 Å². The van der Waals surface area contributed by atoms with Crippen molar-refractivity contribution in [3.8, 4) is 0 Å². The number of urea groups is 1. The second kappa shape index (κ2) is 7.82. The average Bonchev–Trinajstić information content (AvgIpc) is 3.10. The number of carbonyl (C=O) groups excluding carboxylic acids is 2. The van der Waals surface area contributed by atoms with Gasteiger partial charge in [0.2, 0.25) is 0 Å². The topological polar surface area (TPSA) is 70.7 Å². The molecule has 1 aromatic rings. The van der Waals surface area contributed by atoms with Gasteiger partial charge in [0.25, 0.3) is 0 Å². The van der Waals surface area contributed by atoms with Crippen molar-refractivity contribution in [3.05, 3.63) is 46.7 Å². The van der Waals surface area contributed by atoms with E-state index >= 15 is 0 Å². The summed E-state index contributed by atoms with van der Waals surface area (Å²) in [7, 11) is 0. The van der Waals surface area contributed by atoms with Gasteiger partial charge in [0, 0.05) is 12.2 Å². The highest BCUT2D eigenvalue weighted by molar-refractivity contribution is 5.95. The molecule has 6 nitrogen and oxygen atoms in total. The molecule has 140 valence electrons. The summed E-state index contributed by atoms with van der Waals surface area (Å²) >= 11 is 0. The first-order chi connectivity index (χ1) is 12.5. The highest BCUT2D eigenvalue weighted by Gasteiger charge is 2.34. The van der Waals surface area contributed by atoms with Crippen LogP contribution in [0.1, 0.15) is 31.4 Å². The number of likely N-dealkylation sites (tertiary alicyclic amines) is 1. The van der Waals surface area contributed by atoms with E-state index in [2.05, 4.69) is 15.5 Å². The van der Waals surface area contributed by atoms with E-state index < -0.39 is 29.7 Å². The number of hydrogen-bond donors (Lipinski definition) is 2. The highest BCUT2D eigenvalue weighted by atomic mass is 19.2. The lowest BCUT2D eigenvalue weighted by molar-refractivity contribution is -0.139. The predicted octanol–water partition coefficient (Wildman–Crippen LogP) is 2.23. The maximum atomic E-state index is 13.7. The molecule has 0 radical (unpaired) electrons. The summed E-state index contributed by atoms with van der Waals surface area (Å²) in [6, 6.07) is 1.90. The van der Waals surface area contributed by atoms with Crippen LogP contribution in [0.5, 0.6) is 0 Å². The number of nitrogens with zero attached hydrogens (tertiary/aromatic N) is 1. The number of halogens is 2. The van der Waals surface area contributed by atoms with Crippen LogP contribution in [-0.2, 0) is 9.53 Å². The number of esters is 1. The van der Waals surface area contributed by atoms with Crippen molar-refractivity contribution in [1.29, 1.82) is 0 Å². The molecule has 1 saturated heterocycles. The molecule has 2 N–H and O–H groups in total. The summed E-state index contributed by atoms with van der Waals surface area (Å²) in [6.07, 6.45) is 2.11. The van der Waals surface area contributed by atoms with Gasteiger partial charge in [-0.05, 0) is 50.6 Å². The van der Waals surface area contributed by atoms with Crippen molar-refractivity contribution in [2.75, 3.05) is 26.2 Å². The summed E-state index contributed by atoms with van der Waals surface area (Å²) < 4.78 is 32.1. The van der Waals surface area contributed by atoms with Gasteiger partial charge in [0.1, 0.15) is 0 Å². The van der Waals surface area contributed by atoms with E-state index in [1.54, 1.807) is 6.92 Å². The van der Waals surface area contributed by atoms with E-state index in [0.717, 1.165) is 38.1 Å². The number of ether oxygens (including phenoxy) is 1. The van der Waals surface area contributed by atoms with E-state index in [9.17, 15) is 18.4 Å². The standard InChI is InChI=1S/C18H21F2N3O3/c1-2-26-17(24)15-14(10-23-7-3-4-8-23)21-18(25)22-16(15)11-5-6-12(19)13(20)9-11/h5-6,9,16H,2-4,7-8,10H2,1H3,(H2,21,22,25). The Morgan fingerprint density at radius 1 is 1.27 bits per heavy atom. The number of rotatable bonds is 5. The molecule has 0 aliphatic carbocycles. The zero-order valence-corrected chi connectivity index (χ0v) is 14.5. The Kier molecular flexibility index (Phi) is 5.51. The molecule has 0 aromatic heterocycles. The van der Waals surface area contributed by atoms with Crippen LogP contribution in [0.3, 0.4) is 0 Å². The molecule has 1 unspecified atom stereocenters. The molecule has 0 saturated carbocycles. The van der Waals surface area contributed by atoms with Gasteiger partial charge in [0.15, 0.2) is 11.6 Å². The lowest BCUT2D eigenvalue weighted by atomic mass is 9.94. The normalized spacial score (nSPS) is 20.7. The van der Waals surface area contributed by atoms with Crippen LogP contribution < -0.4 is 10.6 Å². The molecule has 8 heteroatoms. The van der Waals surface area contributed by atoms with Gasteiger partial charge in [-0.25, -0.2) is 18.4 Å². The molecule has 1 fully saturated rings. The Morgan fingerprint density at radius 3 is 2.65 bits per heavy atom. The summed E-state index contributed by atoms with van der Waals surface area (Å²) in [5, 5.41) is 5.28. The van der Waals surface area contributed by atoms with Crippen LogP contribution in [0.4, 0.5) is 13.6 Å². The maximum absolute atomic E-state index is 13.7. The van der Waals surface area contributed by atoms with Crippen LogP contribution in [0.2, 0.25) is 0 Å². The number of carbonyl (C=O) groups is 2. The van der Waals surface area contributed by atoms with Gasteiger partial charge in [-0.2, -0.15) is 0 Å². The number of benzene rings is 1. The zero-order chi connectivity index (χ0) is 18.7. The Balaban J connectivity index is 2.02. The molecule has 2 aliphatic rings. The van der Waals surface area contributed by atoms with Crippen molar-refractivity contribution in [2.45, 2.75) is 25.8 Å². The SMILES string of the molecule is CCOC(=O)C1=C(CN2CCCC2)NC(=O)NC1c1ccc(F)c(F)c1. The molecule has 0 bridgehead atoms. The van der Waals surface area contributed by atoms with Crippen molar-refractivity contribution in [1.82, 2.24) is 15.5 Å². The average molecular weight is 365 g/mol. The Hall–Kier alpha value is -2.48. The smallest absolute Gasteiger partial charge is 0.338 e. The molecule has 2 amide bonds. The Labute approximate surface area is 150 Å². The number of hydrogen-bond acceptors (Lipinski definition) is 4. The van der Waals surface area contributed by atoms with E-state index in [0.29, 0.717) is 12.2 Å². The molecule has 1 aromatic carbocycles. The minimum absolute atomic E-state index is 0.164. The van der Waals surface area contributed by atoms with Crippen LogP contribution >= 0.6 is 0 Å². The van der Waals surface area contributed by atoms with Gasteiger partial charge in [-0.3, -0.25) is 4.90 Å². The molecule has 1 atom stereocenters. The maximum Gasteiger partial charge on any atom is 0.338 e. The third kappa shape index (κ3) is 3.85. The molecule has 0 spiro atoms. The fourth-order valence-electron chi connectivity index (χ4n) is 3.30. The fraction of sp³-hybridized carbons (Fsp3) is 0.444. The number of nitrogens with one attached hydrogen (secondary N) is 2. The summed E-state index contributed by atoms with van der Waals surface area (Å²) in [4.78, 5) is 26.8. The third-order valence-electron chi connectivity index (χ3n) is 4.51. The molecule has 26 heavy (non-hydrogen) atoms. The molecule has 2 aliphatic heterocycles. The quantitative estimate of drug-likeness (QED) is 0.785. The van der Waals surface area contributed by atoms with E-state index in [4.69, 9.17) is 4.74 Å². The van der Waals surface area contributed by atoms with Crippen molar-refractivity contribution in [3.63, 3.8) is 0 Å². The van der Waals surface area contributed by atoms with Crippen molar-refractivity contribution >= 4 is 12.0 Å². The monoisotopic (exact) mass is 365 g/mol. The minimum atomic E-state index is -1.04. The first kappa shape index (κ1) is 18.3. The highest BCUT2D eigenvalue weighted by Crippen LogP contribution is 2.29. The lowest BCUT2D eigenvalue weighted by Crippen LogP contribution is -2.48. The second-order valence-corrected chi connectivity index (χ2v) is 6.30. The first-order valence-corrected chi connectivity index (χ1v) is 8.64. The Morgan fingerprint density at radius 2 is 2.00 bits per heavy atom. The van der Waals surface area contributed by atoms with Crippen LogP contribution in [-0.4, -0.2) is 43.1 Å². The van der Waals surface area contributed by atoms with Gasteiger partial charge >= 0.3 is 12.0 Å². The number of amides is 2. The largest absolute Gasteiger partial charge is 0.463 e. The third-order valence-corrected chi connectivity index (χ3v) is 4.51. The second-order valence-electron chi connectivity index (χ2n) is 6.30. The molecular formula is C18H21F2N3O3. The minimum Gasteiger partial charge on any atom is -0.463 e. The zero-order valence-electron chi connectivity index (χ0n) is 14.5. The molecule has 2 heterocycles. The van der Waals surface area contributed by atoms with Crippen molar-refractivity contribution in [2.24, 2.45) is 0 Å². The predicted molar refractivity (Wildman–Crippen MR) is 90.1 cm³/mol. The van der Waals surface area contributed by atoms with E-state index in [1.807, 2.05) is 0 Å². The lowest BCUT2D eigenvalue weighted by Gasteiger charge is -2.31. The van der Waals surface area contributed by atoms with Gasteiger partial charge < -0.3 is 15.4 Å². The van der Waals surface area contributed by atoms with Crippen LogP contribution in [0.25, 0.3) is 0 Å². The van der Waals surface area contributed by atoms with Gasteiger partial charge in [-0.1, -0.05) is 6.07 Å². The molecule has 3 rings (SSSR count). The van der Waals surface area contributed by atoms with E-state index in [1.165, 1.54) is 6.07 Å². The van der Waals surface area contributed by atoms with Crippen LogP contribution in [0.15, 0.2) is 29.5 Å². The Bertz CT molecular complexity index is 745. The van der Waals surface area contributed by atoms with Crippen LogP contribution in [0, 0.1) is 11.6 Å². The van der Waals surface area contributed by atoms with Gasteiger partial charge in [-0.15, -0.1) is 0 Å². The van der Waals surface area contributed by atoms with Crippen molar-refractivity contribution < 1.29 is 23.1 Å². The first-order valence-electron chi connectivity index (χ1n) is 8.64. The summed E-state index contributed by atoms with van der Waals surface area (Å²) in [6.45, 7) is 3.98. The molecular weight excluding hydrogens is 344 g/mol. The van der Waals surface area contributed by atoms with E-state index in [-0.39, 0.29) is 17.7 Å². The fourth-order valence-corrected chi connectivity index (χ4v) is 3.30.